The minimum absolute atomic E-state index is 0.00999. The molecule has 0 amide bonds. The molecule has 1 aliphatic carbocycles. The van der Waals surface area contributed by atoms with Gasteiger partial charge in [0.05, 0.1) is 0 Å². The maximum atomic E-state index is 13.1. The lowest BCUT2D eigenvalue weighted by Crippen LogP contribution is -2.19. The van der Waals surface area contributed by atoms with Crippen LogP contribution >= 0.6 is 0 Å². The van der Waals surface area contributed by atoms with Gasteiger partial charge in [0.2, 0.25) is 5.92 Å². The van der Waals surface area contributed by atoms with E-state index in [-0.39, 0.29) is 18.8 Å². The molecule has 1 aliphatic rings. The lowest BCUT2D eigenvalue weighted by atomic mass is 9.89. The zero-order valence-electron chi connectivity index (χ0n) is 8.87. The van der Waals surface area contributed by atoms with Crippen LogP contribution in [0.4, 0.5) is 8.78 Å². The summed E-state index contributed by atoms with van der Waals surface area (Å²) < 4.78 is 26.1. The van der Waals surface area contributed by atoms with Gasteiger partial charge in [-0.2, -0.15) is 0 Å². The fourth-order valence-corrected chi connectivity index (χ4v) is 2.32. The molecule has 0 saturated heterocycles. The predicted octanol–water partition coefficient (Wildman–Crippen LogP) is 4.25. The van der Waals surface area contributed by atoms with Crippen molar-refractivity contribution >= 4 is 0 Å². The van der Waals surface area contributed by atoms with Gasteiger partial charge in [0.25, 0.3) is 0 Å². The number of halogens is 2. The van der Waals surface area contributed by atoms with E-state index in [1.807, 2.05) is 0 Å². The lowest BCUT2D eigenvalue weighted by Gasteiger charge is -2.20. The van der Waals surface area contributed by atoms with Crippen LogP contribution in [0, 0.1) is 11.3 Å². The van der Waals surface area contributed by atoms with Crippen LogP contribution < -0.4 is 0 Å². The van der Waals surface area contributed by atoms with Gasteiger partial charge in [0.1, 0.15) is 0 Å². The third kappa shape index (κ3) is 3.24. The number of hydrogen-bond acceptors (Lipinski definition) is 0. The SMILES string of the molecule is CCC(F)(F)CC1CCC(C)(C)C1. The van der Waals surface area contributed by atoms with Crippen LogP contribution in [-0.4, -0.2) is 5.92 Å². The van der Waals surface area contributed by atoms with E-state index in [4.69, 9.17) is 0 Å². The van der Waals surface area contributed by atoms with Crippen LogP contribution in [0.15, 0.2) is 0 Å². The first-order valence-electron chi connectivity index (χ1n) is 5.22. The molecule has 0 aromatic heterocycles. The second-order valence-corrected chi connectivity index (χ2v) is 5.19. The molecule has 0 N–H and O–H groups in total. The normalized spacial score (nSPS) is 27.9. The molecule has 1 unspecified atom stereocenters. The van der Waals surface area contributed by atoms with Crippen molar-refractivity contribution in [2.75, 3.05) is 0 Å². The number of alkyl halides is 2. The molecule has 0 spiro atoms. The van der Waals surface area contributed by atoms with Gasteiger partial charge in [-0.25, -0.2) is 8.78 Å². The Hall–Kier alpha value is -0.140. The molecule has 78 valence electrons. The second kappa shape index (κ2) is 3.55. The summed E-state index contributed by atoms with van der Waals surface area (Å²) in [6.07, 6.45) is 3.17. The van der Waals surface area contributed by atoms with Crippen LogP contribution in [-0.2, 0) is 0 Å². The van der Waals surface area contributed by atoms with Gasteiger partial charge in [-0.05, 0) is 30.6 Å². The number of hydrogen-bond donors (Lipinski definition) is 0. The van der Waals surface area contributed by atoms with Crippen LogP contribution in [0.1, 0.15) is 52.9 Å². The fourth-order valence-electron chi connectivity index (χ4n) is 2.32. The average molecular weight is 190 g/mol. The first-order chi connectivity index (χ1) is 5.85. The topological polar surface area (TPSA) is 0 Å². The van der Waals surface area contributed by atoms with E-state index in [9.17, 15) is 8.78 Å². The van der Waals surface area contributed by atoms with E-state index in [0.717, 1.165) is 19.3 Å². The highest BCUT2D eigenvalue weighted by Crippen LogP contribution is 2.45. The Morgan fingerprint density at radius 1 is 1.38 bits per heavy atom. The molecular weight excluding hydrogens is 170 g/mol. The maximum Gasteiger partial charge on any atom is 0.248 e. The van der Waals surface area contributed by atoms with Crippen LogP contribution in [0.2, 0.25) is 0 Å². The molecule has 0 radical (unpaired) electrons. The van der Waals surface area contributed by atoms with Gasteiger partial charge in [-0.15, -0.1) is 0 Å². The van der Waals surface area contributed by atoms with E-state index in [1.165, 1.54) is 0 Å². The highest BCUT2D eigenvalue weighted by atomic mass is 19.3. The predicted molar refractivity (Wildman–Crippen MR) is 51.0 cm³/mol. The van der Waals surface area contributed by atoms with Crippen molar-refractivity contribution < 1.29 is 8.78 Å². The quantitative estimate of drug-likeness (QED) is 0.624. The Morgan fingerprint density at radius 2 is 2.00 bits per heavy atom. The largest absolute Gasteiger partial charge is 0.248 e. The molecule has 1 atom stereocenters. The third-order valence-electron chi connectivity index (χ3n) is 3.18. The zero-order valence-corrected chi connectivity index (χ0v) is 8.87. The van der Waals surface area contributed by atoms with E-state index in [0.29, 0.717) is 5.41 Å². The molecule has 13 heavy (non-hydrogen) atoms. The smallest absolute Gasteiger partial charge is 0.207 e. The van der Waals surface area contributed by atoms with Gasteiger partial charge >= 0.3 is 0 Å². The van der Waals surface area contributed by atoms with Crippen molar-refractivity contribution in [1.29, 1.82) is 0 Å². The summed E-state index contributed by atoms with van der Waals surface area (Å²) in [6, 6.07) is 0. The van der Waals surface area contributed by atoms with Gasteiger partial charge in [0, 0.05) is 12.8 Å². The van der Waals surface area contributed by atoms with Crippen molar-refractivity contribution in [3.05, 3.63) is 0 Å². The van der Waals surface area contributed by atoms with Crippen molar-refractivity contribution in [3.8, 4) is 0 Å². The Labute approximate surface area is 79.7 Å². The molecule has 0 aliphatic heterocycles. The first-order valence-corrected chi connectivity index (χ1v) is 5.22. The van der Waals surface area contributed by atoms with E-state index in [1.54, 1.807) is 6.92 Å². The summed E-state index contributed by atoms with van der Waals surface area (Å²) in [7, 11) is 0. The maximum absolute atomic E-state index is 13.1. The molecular formula is C11H20F2. The van der Waals surface area contributed by atoms with Crippen LogP contribution in [0.3, 0.4) is 0 Å². The van der Waals surface area contributed by atoms with E-state index >= 15 is 0 Å². The van der Waals surface area contributed by atoms with Crippen molar-refractivity contribution in [2.24, 2.45) is 11.3 Å². The van der Waals surface area contributed by atoms with Crippen LogP contribution in [0.5, 0.6) is 0 Å². The molecule has 0 bridgehead atoms. The van der Waals surface area contributed by atoms with E-state index in [2.05, 4.69) is 13.8 Å². The van der Waals surface area contributed by atoms with Crippen LogP contribution in [0.25, 0.3) is 0 Å². The molecule has 0 aromatic rings. The third-order valence-corrected chi connectivity index (χ3v) is 3.18. The minimum atomic E-state index is -2.43. The molecule has 0 aromatic carbocycles. The number of rotatable bonds is 3. The molecule has 2 heteroatoms. The summed E-state index contributed by atoms with van der Waals surface area (Å²) in [5.41, 5.74) is 0.300. The van der Waals surface area contributed by atoms with Crippen molar-refractivity contribution in [3.63, 3.8) is 0 Å². The van der Waals surface area contributed by atoms with Gasteiger partial charge in [-0.1, -0.05) is 20.8 Å². The highest BCUT2D eigenvalue weighted by Gasteiger charge is 2.37. The van der Waals surface area contributed by atoms with Gasteiger partial charge < -0.3 is 0 Å². The second-order valence-electron chi connectivity index (χ2n) is 5.19. The summed E-state index contributed by atoms with van der Waals surface area (Å²) in [5, 5.41) is 0. The highest BCUT2D eigenvalue weighted by molar-refractivity contribution is 4.84. The standard InChI is InChI=1S/C11H20F2/c1-4-11(12,13)8-9-5-6-10(2,3)7-9/h9H,4-8H2,1-3H3. The lowest BCUT2D eigenvalue weighted by molar-refractivity contribution is -0.0266. The summed E-state index contributed by atoms with van der Waals surface area (Å²) in [4.78, 5) is 0. The summed E-state index contributed by atoms with van der Waals surface area (Å²) >= 11 is 0. The zero-order chi connectivity index (χ0) is 10.1. The van der Waals surface area contributed by atoms with Gasteiger partial charge in [-0.3, -0.25) is 0 Å². The Morgan fingerprint density at radius 3 is 2.38 bits per heavy atom. The Bertz CT molecular complexity index is 173. The molecule has 1 fully saturated rings. The first kappa shape index (κ1) is 10.9. The minimum Gasteiger partial charge on any atom is -0.207 e. The summed E-state index contributed by atoms with van der Waals surface area (Å²) in [6.45, 7) is 5.92. The fraction of sp³-hybridized carbons (Fsp3) is 1.00. The monoisotopic (exact) mass is 190 g/mol. The molecule has 0 nitrogen and oxygen atoms in total. The summed E-state index contributed by atoms with van der Waals surface area (Å²) in [5.74, 6) is -2.17. The Balaban J connectivity index is 2.40. The molecule has 0 heterocycles. The molecule has 1 rings (SSSR count). The van der Waals surface area contributed by atoms with Crippen molar-refractivity contribution in [1.82, 2.24) is 0 Å². The van der Waals surface area contributed by atoms with E-state index < -0.39 is 5.92 Å². The Kier molecular flexibility index (Phi) is 2.98. The van der Waals surface area contributed by atoms with Gasteiger partial charge in [0.15, 0.2) is 0 Å². The van der Waals surface area contributed by atoms with Crippen molar-refractivity contribution in [2.45, 2.75) is 58.8 Å². The average Bonchev–Trinajstić information content (AvgIpc) is 2.29. The molecule has 1 saturated carbocycles.